The van der Waals surface area contributed by atoms with Crippen LogP contribution < -0.4 is 0 Å². The first-order valence-electron chi connectivity index (χ1n) is 7.50. The molecule has 3 rings (SSSR count). The molecule has 0 N–H and O–H groups in total. The fourth-order valence-corrected chi connectivity index (χ4v) is 2.79. The second-order valence-corrected chi connectivity index (χ2v) is 6.90. The Balaban J connectivity index is 1.52. The second-order valence-electron chi connectivity index (χ2n) is 5.99. The van der Waals surface area contributed by atoms with Gasteiger partial charge in [0.2, 0.25) is 0 Å². The molecular weight excluding hydrogens is 344 g/mol. The minimum atomic E-state index is -0.119. The molecule has 1 aromatic heterocycles. The predicted octanol–water partition coefficient (Wildman–Crippen LogP) is 4.07. The van der Waals surface area contributed by atoms with E-state index in [0.29, 0.717) is 12.0 Å². The fourth-order valence-electron chi connectivity index (χ4n) is 2.53. The van der Waals surface area contributed by atoms with Gasteiger partial charge in [-0.25, -0.2) is 0 Å². The Hall–Kier alpha value is -1.62. The zero-order valence-electron chi connectivity index (χ0n) is 12.7. The number of rotatable bonds is 5. The summed E-state index contributed by atoms with van der Waals surface area (Å²) in [4.78, 5) is 12.1. The van der Waals surface area contributed by atoms with E-state index in [0.717, 1.165) is 16.6 Å². The van der Waals surface area contributed by atoms with Crippen LogP contribution in [-0.2, 0) is 16.1 Å². The molecule has 1 heterocycles. The quantitative estimate of drug-likeness (QED) is 0.752. The maximum atomic E-state index is 12.1. The number of halogens is 1. The summed E-state index contributed by atoms with van der Waals surface area (Å²) in [5, 5.41) is 4.38. The van der Waals surface area contributed by atoms with Gasteiger partial charge in [-0.2, -0.15) is 5.10 Å². The molecule has 5 heteroatoms. The molecule has 1 fully saturated rings. The monoisotopic (exact) mass is 362 g/mol. The van der Waals surface area contributed by atoms with Crippen molar-refractivity contribution in [1.29, 1.82) is 0 Å². The molecule has 0 bridgehead atoms. The maximum absolute atomic E-state index is 12.1. The summed E-state index contributed by atoms with van der Waals surface area (Å²) >= 11 is 3.42. The molecule has 0 spiro atoms. The van der Waals surface area contributed by atoms with Crippen LogP contribution >= 0.6 is 15.9 Å². The Bertz CT molecular complexity index is 664. The second kappa shape index (κ2) is 6.24. The number of hydrogen-bond donors (Lipinski definition) is 0. The van der Waals surface area contributed by atoms with E-state index in [4.69, 9.17) is 4.74 Å². The molecule has 1 saturated carbocycles. The smallest absolute Gasteiger partial charge is 0.309 e. The lowest BCUT2D eigenvalue weighted by Crippen LogP contribution is -2.09. The van der Waals surface area contributed by atoms with Crippen LogP contribution in [0.25, 0.3) is 0 Å². The first-order chi connectivity index (χ1) is 10.5. The van der Waals surface area contributed by atoms with E-state index >= 15 is 0 Å². The SMILES string of the molecule is CC(C)n1ccc(COC(=O)[C@@H]2C[C@H]2c2ccc(Br)cc2)n1. The van der Waals surface area contributed by atoms with Crippen LogP contribution in [0.2, 0.25) is 0 Å². The molecule has 2 atom stereocenters. The van der Waals surface area contributed by atoms with Crippen LogP contribution in [-0.4, -0.2) is 15.7 Å². The van der Waals surface area contributed by atoms with Crippen LogP contribution in [0.4, 0.5) is 0 Å². The van der Waals surface area contributed by atoms with Gasteiger partial charge in [-0.1, -0.05) is 28.1 Å². The van der Waals surface area contributed by atoms with Gasteiger partial charge >= 0.3 is 5.97 Å². The number of carbonyl (C=O) groups excluding carboxylic acids is 1. The highest BCUT2D eigenvalue weighted by atomic mass is 79.9. The van der Waals surface area contributed by atoms with Gasteiger partial charge in [0.05, 0.1) is 11.6 Å². The topological polar surface area (TPSA) is 44.1 Å². The number of esters is 1. The summed E-state index contributed by atoms with van der Waals surface area (Å²) < 4.78 is 8.32. The predicted molar refractivity (Wildman–Crippen MR) is 87.4 cm³/mol. The molecule has 0 saturated heterocycles. The van der Waals surface area contributed by atoms with Crippen LogP contribution in [0, 0.1) is 5.92 Å². The van der Waals surface area contributed by atoms with E-state index in [9.17, 15) is 4.79 Å². The Morgan fingerprint density at radius 1 is 1.36 bits per heavy atom. The zero-order chi connectivity index (χ0) is 15.7. The number of hydrogen-bond acceptors (Lipinski definition) is 3. The number of ether oxygens (including phenoxy) is 1. The van der Waals surface area contributed by atoms with Crippen molar-refractivity contribution < 1.29 is 9.53 Å². The third-order valence-corrected chi connectivity index (χ3v) is 4.47. The summed E-state index contributed by atoms with van der Waals surface area (Å²) in [7, 11) is 0. The maximum Gasteiger partial charge on any atom is 0.309 e. The minimum Gasteiger partial charge on any atom is -0.459 e. The third-order valence-electron chi connectivity index (χ3n) is 3.95. The van der Waals surface area contributed by atoms with Gasteiger partial charge in [0.15, 0.2) is 0 Å². The molecule has 22 heavy (non-hydrogen) atoms. The summed E-state index contributed by atoms with van der Waals surface area (Å²) in [6.07, 6.45) is 2.79. The zero-order valence-corrected chi connectivity index (χ0v) is 14.3. The van der Waals surface area contributed by atoms with E-state index in [1.54, 1.807) is 0 Å². The molecule has 4 nitrogen and oxygen atoms in total. The van der Waals surface area contributed by atoms with Crippen molar-refractivity contribution in [1.82, 2.24) is 9.78 Å². The highest BCUT2D eigenvalue weighted by molar-refractivity contribution is 9.10. The average molecular weight is 363 g/mol. The summed E-state index contributed by atoms with van der Waals surface area (Å²) in [6.45, 7) is 4.38. The van der Waals surface area contributed by atoms with Gasteiger partial charge in [0, 0.05) is 16.7 Å². The summed E-state index contributed by atoms with van der Waals surface area (Å²) in [5.74, 6) is 0.175. The lowest BCUT2D eigenvalue weighted by molar-refractivity contribution is -0.146. The summed E-state index contributed by atoms with van der Waals surface area (Å²) in [5.41, 5.74) is 2.00. The van der Waals surface area contributed by atoms with E-state index in [1.807, 2.05) is 29.1 Å². The van der Waals surface area contributed by atoms with Gasteiger partial charge in [-0.3, -0.25) is 9.48 Å². The Labute approximate surface area is 138 Å². The molecule has 1 aliphatic carbocycles. The van der Waals surface area contributed by atoms with Crippen molar-refractivity contribution in [2.75, 3.05) is 0 Å². The minimum absolute atomic E-state index is 0.00615. The number of aromatic nitrogens is 2. The van der Waals surface area contributed by atoms with Crippen molar-refractivity contribution in [3.05, 3.63) is 52.3 Å². The lowest BCUT2D eigenvalue weighted by atomic mass is 10.1. The van der Waals surface area contributed by atoms with Crippen LogP contribution in [0.1, 0.15) is 43.5 Å². The molecule has 0 radical (unpaired) electrons. The number of nitrogens with zero attached hydrogens (tertiary/aromatic N) is 2. The third kappa shape index (κ3) is 3.40. The number of carbonyl (C=O) groups is 1. The van der Waals surface area contributed by atoms with Crippen LogP contribution in [0.3, 0.4) is 0 Å². The van der Waals surface area contributed by atoms with Gasteiger partial charge < -0.3 is 4.74 Å². The van der Waals surface area contributed by atoms with Gasteiger partial charge in [0.25, 0.3) is 0 Å². The molecule has 0 unspecified atom stereocenters. The Morgan fingerprint density at radius 3 is 2.73 bits per heavy atom. The Morgan fingerprint density at radius 2 is 2.09 bits per heavy atom. The van der Waals surface area contributed by atoms with Gasteiger partial charge in [-0.05, 0) is 49.9 Å². The van der Waals surface area contributed by atoms with Gasteiger partial charge in [0.1, 0.15) is 6.61 Å². The van der Waals surface area contributed by atoms with Crippen LogP contribution in [0.5, 0.6) is 0 Å². The van der Waals surface area contributed by atoms with Crippen molar-refractivity contribution in [2.45, 2.75) is 38.8 Å². The highest BCUT2D eigenvalue weighted by Crippen LogP contribution is 2.48. The molecule has 1 aromatic carbocycles. The van der Waals surface area contributed by atoms with Crippen molar-refractivity contribution >= 4 is 21.9 Å². The highest BCUT2D eigenvalue weighted by Gasteiger charge is 2.45. The fraction of sp³-hybridized carbons (Fsp3) is 0.412. The first-order valence-corrected chi connectivity index (χ1v) is 8.30. The molecule has 116 valence electrons. The average Bonchev–Trinajstić information content (AvgIpc) is 3.15. The largest absolute Gasteiger partial charge is 0.459 e. The van der Waals surface area contributed by atoms with E-state index in [2.05, 4.69) is 47.0 Å². The lowest BCUT2D eigenvalue weighted by Gasteiger charge is -2.05. The molecule has 0 amide bonds. The van der Waals surface area contributed by atoms with Crippen molar-refractivity contribution in [2.24, 2.45) is 5.92 Å². The van der Waals surface area contributed by atoms with E-state index < -0.39 is 0 Å². The van der Waals surface area contributed by atoms with Crippen molar-refractivity contribution in [3.63, 3.8) is 0 Å². The molecule has 0 aliphatic heterocycles. The molecule has 1 aliphatic rings. The van der Waals surface area contributed by atoms with Gasteiger partial charge in [-0.15, -0.1) is 0 Å². The van der Waals surface area contributed by atoms with E-state index in [1.165, 1.54) is 5.56 Å². The standard InChI is InChI=1S/C17H19BrN2O2/c1-11(2)20-8-7-14(19-20)10-22-17(21)16-9-15(16)12-3-5-13(18)6-4-12/h3-8,11,15-16H,9-10H2,1-2H3/t15-,16+/m0/s1. The number of benzene rings is 1. The van der Waals surface area contributed by atoms with Crippen LogP contribution in [0.15, 0.2) is 41.0 Å². The summed E-state index contributed by atoms with van der Waals surface area (Å²) in [6, 6.07) is 10.4. The van der Waals surface area contributed by atoms with E-state index in [-0.39, 0.29) is 18.5 Å². The first kappa shape index (κ1) is 15.3. The molecular formula is C17H19BrN2O2. The normalized spacial score (nSPS) is 20.2. The Kier molecular flexibility index (Phi) is 4.34. The van der Waals surface area contributed by atoms with Crippen molar-refractivity contribution in [3.8, 4) is 0 Å². The molecule has 2 aromatic rings.